The van der Waals surface area contributed by atoms with Gasteiger partial charge in [-0.25, -0.2) is 4.79 Å². The molecule has 0 spiro atoms. The second-order valence-corrected chi connectivity index (χ2v) is 6.45. The molecule has 0 saturated carbocycles. The van der Waals surface area contributed by atoms with Crippen molar-refractivity contribution in [1.82, 2.24) is 15.1 Å². The van der Waals surface area contributed by atoms with E-state index in [1.54, 1.807) is 0 Å². The maximum absolute atomic E-state index is 13.1. The number of hydrogen-bond donors (Lipinski definition) is 1. The summed E-state index contributed by atoms with van der Waals surface area (Å²) in [7, 11) is 0. The number of benzene rings is 1. The molecule has 1 heterocycles. The van der Waals surface area contributed by atoms with Crippen LogP contribution in [0.4, 0.5) is 13.2 Å². The van der Waals surface area contributed by atoms with Gasteiger partial charge in [0.25, 0.3) is 0 Å². The van der Waals surface area contributed by atoms with E-state index < -0.39 is 48.2 Å². The second kappa shape index (κ2) is 9.27. The molecule has 0 aliphatic carbocycles. The molecule has 0 saturated heterocycles. The van der Waals surface area contributed by atoms with Crippen molar-refractivity contribution in [3.63, 3.8) is 0 Å². The van der Waals surface area contributed by atoms with E-state index in [0.29, 0.717) is 4.68 Å². The molecule has 7 nitrogen and oxygen atoms in total. The van der Waals surface area contributed by atoms with Crippen LogP contribution in [0.5, 0.6) is 0 Å². The maximum atomic E-state index is 13.1. The van der Waals surface area contributed by atoms with Crippen LogP contribution in [-0.4, -0.2) is 40.6 Å². The SMILES string of the molecule is CCOC(=O)c1cn(CC(=O)NCC(=O)c2ccc(Cl)c(Cl)c2)nc1C(F)(F)F. The van der Waals surface area contributed by atoms with Gasteiger partial charge < -0.3 is 10.1 Å². The van der Waals surface area contributed by atoms with Gasteiger partial charge >= 0.3 is 12.1 Å². The van der Waals surface area contributed by atoms with Crippen molar-refractivity contribution in [3.8, 4) is 0 Å². The quantitative estimate of drug-likeness (QED) is 0.514. The lowest BCUT2D eigenvalue weighted by atomic mass is 10.1. The number of ketones is 1. The fourth-order valence-corrected chi connectivity index (χ4v) is 2.52. The van der Waals surface area contributed by atoms with Crippen molar-refractivity contribution < 1.29 is 32.3 Å². The molecule has 0 fully saturated rings. The summed E-state index contributed by atoms with van der Waals surface area (Å²) in [6.07, 6.45) is -4.14. The molecule has 2 rings (SSSR count). The summed E-state index contributed by atoms with van der Waals surface area (Å²) in [6.45, 7) is 0.249. The van der Waals surface area contributed by atoms with Gasteiger partial charge in [0, 0.05) is 11.8 Å². The lowest BCUT2D eigenvalue weighted by Gasteiger charge is -2.06. The number of rotatable bonds is 7. The van der Waals surface area contributed by atoms with Gasteiger partial charge in [0.2, 0.25) is 5.91 Å². The molecule has 0 bridgehead atoms. The van der Waals surface area contributed by atoms with Crippen LogP contribution < -0.4 is 5.32 Å². The highest BCUT2D eigenvalue weighted by atomic mass is 35.5. The average molecular weight is 452 g/mol. The smallest absolute Gasteiger partial charge is 0.436 e. The van der Waals surface area contributed by atoms with Gasteiger partial charge in [-0.05, 0) is 25.1 Å². The molecule has 0 radical (unpaired) electrons. The van der Waals surface area contributed by atoms with Crippen LogP contribution in [0.2, 0.25) is 10.0 Å². The summed E-state index contributed by atoms with van der Waals surface area (Å²) in [4.78, 5) is 35.7. The number of esters is 1. The third-order valence-electron chi connectivity index (χ3n) is 3.52. The summed E-state index contributed by atoms with van der Waals surface area (Å²) in [5, 5.41) is 5.92. The Labute approximate surface area is 172 Å². The van der Waals surface area contributed by atoms with E-state index in [1.807, 2.05) is 0 Å². The highest BCUT2D eigenvalue weighted by Gasteiger charge is 2.39. The number of halogens is 5. The number of ether oxygens (including phenoxy) is 1. The summed E-state index contributed by atoms with van der Waals surface area (Å²) in [5.41, 5.74) is -2.07. The van der Waals surface area contributed by atoms with E-state index in [9.17, 15) is 27.6 Å². The van der Waals surface area contributed by atoms with Crippen LogP contribution in [0.3, 0.4) is 0 Å². The number of amides is 1. The van der Waals surface area contributed by atoms with Gasteiger partial charge in [0.05, 0.1) is 23.2 Å². The fourth-order valence-electron chi connectivity index (χ4n) is 2.22. The Morgan fingerprint density at radius 3 is 2.48 bits per heavy atom. The number of nitrogens with one attached hydrogen (secondary N) is 1. The Bertz CT molecular complexity index is 944. The number of carbonyl (C=O) groups excluding carboxylic acids is 3. The van der Waals surface area contributed by atoms with Gasteiger partial charge in [-0.3, -0.25) is 14.3 Å². The molecule has 1 N–H and O–H groups in total. The van der Waals surface area contributed by atoms with Crippen LogP contribution in [0, 0.1) is 0 Å². The molecule has 0 aliphatic rings. The number of alkyl halides is 3. The molecule has 29 heavy (non-hydrogen) atoms. The highest BCUT2D eigenvalue weighted by molar-refractivity contribution is 6.42. The maximum Gasteiger partial charge on any atom is 0.436 e. The van der Waals surface area contributed by atoms with E-state index in [1.165, 1.54) is 25.1 Å². The molecule has 12 heteroatoms. The Morgan fingerprint density at radius 2 is 1.90 bits per heavy atom. The summed E-state index contributed by atoms with van der Waals surface area (Å²) in [6, 6.07) is 4.16. The lowest BCUT2D eigenvalue weighted by Crippen LogP contribution is -2.32. The zero-order chi connectivity index (χ0) is 21.8. The topological polar surface area (TPSA) is 90.3 Å². The summed E-state index contributed by atoms with van der Waals surface area (Å²) in [5.74, 6) is -2.48. The summed E-state index contributed by atoms with van der Waals surface area (Å²) < 4.78 is 44.4. The second-order valence-electron chi connectivity index (χ2n) is 5.64. The number of carbonyl (C=O) groups is 3. The molecule has 1 amide bonds. The third-order valence-corrected chi connectivity index (χ3v) is 4.26. The fraction of sp³-hybridized carbons (Fsp3) is 0.294. The van der Waals surface area contributed by atoms with Gasteiger partial charge in [0.1, 0.15) is 12.1 Å². The minimum Gasteiger partial charge on any atom is -0.462 e. The Hall–Kier alpha value is -2.59. The van der Waals surface area contributed by atoms with Crippen molar-refractivity contribution in [1.29, 1.82) is 0 Å². The number of Topliss-reactive ketones (excluding diaryl/α,β-unsaturated/α-hetero) is 1. The summed E-state index contributed by atoms with van der Waals surface area (Å²) >= 11 is 11.6. The van der Waals surface area contributed by atoms with Crippen molar-refractivity contribution in [2.45, 2.75) is 19.6 Å². The van der Waals surface area contributed by atoms with Crippen molar-refractivity contribution in [2.24, 2.45) is 0 Å². The predicted molar refractivity (Wildman–Crippen MR) is 97.0 cm³/mol. The molecular weight excluding hydrogens is 438 g/mol. The molecule has 0 unspecified atom stereocenters. The normalized spacial score (nSPS) is 11.2. The molecule has 0 aliphatic heterocycles. The molecule has 0 atom stereocenters. The van der Waals surface area contributed by atoms with E-state index in [-0.39, 0.29) is 22.2 Å². The molecule has 1 aromatic heterocycles. The van der Waals surface area contributed by atoms with Crippen molar-refractivity contribution in [3.05, 3.63) is 51.3 Å². The van der Waals surface area contributed by atoms with Gasteiger partial charge in [-0.2, -0.15) is 18.3 Å². The predicted octanol–water partition coefficient (Wildman–Crippen LogP) is 3.38. The van der Waals surface area contributed by atoms with E-state index >= 15 is 0 Å². The first-order valence-electron chi connectivity index (χ1n) is 8.09. The van der Waals surface area contributed by atoms with E-state index in [4.69, 9.17) is 23.2 Å². The molecule has 2 aromatic rings. The average Bonchev–Trinajstić information content (AvgIpc) is 3.06. The van der Waals surface area contributed by atoms with Gasteiger partial charge in [-0.15, -0.1) is 0 Å². The zero-order valence-corrected chi connectivity index (χ0v) is 16.4. The van der Waals surface area contributed by atoms with Crippen LogP contribution in [0.15, 0.2) is 24.4 Å². The molecular formula is C17H14Cl2F3N3O4. The first-order valence-corrected chi connectivity index (χ1v) is 8.85. The van der Waals surface area contributed by atoms with E-state index in [0.717, 1.165) is 6.20 Å². The van der Waals surface area contributed by atoms with Crippen molar-refractivity contribution >= 4 is 40.9 Å². The molecule has 1 aromatic carbocycles. The Balaban J connectivity index is 2.05. The standard InChI is InChI=1S/C17H14Cl2F3N3O4/c1-2-29-16(28)10-7-25(24-15(10)17(20,21)22)8-14(27)23-6-13(26)9-3-4-11(18)12(19)5-9/h3-5,7H,2,6,8H2,1H3,(H,23,27). The number of hydrogen-bond acceptors (Lipinski definition) is 5. The Kier molecular flexibility index (Phi) is 7.26. The van der Waals surface area contributed by atoms with Gasteiger partial charge in [0.15, 0.2) is 11.5 Å². The van der Waals surface area contributed by atoms with Crippen LogP contribution >= 0.6 is 23.2 Å². The monoisotopic (exact) mass is 451 g/mol. The first kappa shape index (κ1) is 22.7. The zero-order valence-electron chi connectivity index (χ0n) is 14.8. The van der Waals surface area contributed by atoms with Gasteiger partial charge in [-0.1, -0.05) is 23.2 Å². The van der Waals surface area contributed by atoms with Crippen LogP contribution in [0.1, 0.15) is 33.3 Å². The van der Waals surface area contributed by atoms with E-state index in [2.05, 4.69) is 15.2 Å². The first-order chi connectivity index (χ1) is 13.5. The Morgan fingerprint density at radius 1 is 1.21 bits per heavy atom. The number of aromatic nitrogens is 2. The van der Waals surface area contributed by atoms with Crippen molar-refractivity contribution in [2.75, 3.05) is 13.2 Å². The third kappa shape index (κ3) is 5.94. The number of nitrogens with zero attached hydrogens (tertiary/aromatic N) is 2. The largest absolute Gasteiger partial charge is 0.462 e. The molecule has 156 valence electrons. The van der Waals surface area contributed by atoms with Crippen LogP contribution in [-0.2, 0) is 22.3 Å². The highest BCUT2D eigenvalue weighted by Crippen LogP contribution is 2.31. The minimum absolute atomic E-state index is 0.126. The minimum atomic E-state index is -4.91. The van der Waals surface area contributed by atoms with Crippen LogP contribution in [0.25, 0.3) is 0 Å². The lowest BCUT2D eigenvalue weighted by molar-refractivity contribution is -0.142.